The molecular weight excluding hydrogens is 236 g/mol. The third kappa shape index (κ3) is 3.04. The maximum atomic E-state index is 10.5. The Balaban J connectivity index is 1.99. The van der Waals surface area contributed by atoms with E-state index in [-0.39, 0.29) is 6.42 Å². The van der Waals surface area contributed by atoms with Crippen LogP contribution in [-0.4, -0.2) is 34.0 Å². The maximum absolute atomic E-state index is 10.5. The summed E-state index contributed by atoms with van der Waals surface area (Å²) in [6.07, 6.45) is 3.14. The van der Waals surface area contributed by atoms with E-state index in [1.165, 1.54) is 12.8 Å². The van der Waals surface area contributed by atoms with Crippen LogP contribution in [0, 0.1) is 0 Å². The van der Waals surface area contributed by atoms with E-state index < -0.39 is 5.97 Å². The van der Waals surface area contributed by atoms with Crippen molar-refractivity contribution in [2.75, 3.05) is 13.1 Å². The number of carboxylic acid groups (broad SMARTS) is 1. The molecule has 1 aromatic heterocycles. The Morgan fingerprint density at radius 3 is 3.24 bits per heavy atom. The van der Waals surface area contributed by atoms with E-state index in [2.05, 4.69) is 16.8 Å². The van der Waals surface area contributed by atoms with Gasteiger partial charge in [-0.3, -0.25) is 9.69 Å². The fourth-order valence-corrected chi connectivity index (χ4v) is 3.33. The van der Waals surface area contributed by atoms with Crippen molar-refractivity contribution in [2.45, 2.75) is 38.6 Å². The molecular formula is C12H18N2O2S. The first kappa shape index (κ1) is 12.5. The molecule has 1 aliphatic rings. The molecule has 1 N–H and O–H groups in total. The van der Waals surface area contributed by atoms with Crippen molar-refractivity contribution in [3.05, 3.63) is 16.1 Å². The third-order valence-electron chi connectivity index (χ3n) is 3.22. The number of carboxylic acids is 1. The van der Waals surface area contributed by atoms with Crippen molar-refractivity contribution >= 4 is 17.3 Å². The highest BCUT2D eigenvalue weighted by atomic mass is 32.1. The Kier molecular flexibility index (Phi) is 4.12. The molecule has 0 saturated carbocycles. The predicted octanol–water partition coefficient (Wildman–Crippen LogP) is 2.32. The van der Waals surface area contributed by atoms with Gasteiger partial charge in [0.05, 0.1) is 18.2 Å². The lowest BCUT2D eigenvalue weighted by Crippen LogP contribution is -2.22. The summed E-state index contributed by atoms with van der Waals surface area (Å²) in [5.74, 6) is -0.754. The Morgan fingerprint density at radius 2 is 2.53 bits per heavy atom. The molecule has 0 aromatic carbocycles. The van der Waals surface area contributed by atoms with Crippen LogP contribution < -0.4 is 0 Å². The monoisotopic (exact) mass is 254 g/mol. The molecule has 1 aromatic rings. The van der Waals surface area contributed by atoms with Gasteiger partial charge in [-0.1, -0.05) is 6.92 Å². The second-order valence-electron chi connectivity index (χ2n) is 4.36. The van der Waals surface area contributed by atoms with Crippen LogP contribution in [0.5, 0.6) is 0 Å². The molecule has 17 heavy (non-hydrogen) atoms. The zero-order chi connectivity index (χ0) is 12.3. The van der Waals surface area contributed by atoms with Crippen molar-refractivity contribution in [3.8, 4) is 0 Å². The van der Waals surface area contributed by atoms with E-state index in [4.69, 9.17) is 5.11 Å². The molecule has 0 spiro atoms. The molecule has 5 heteroatoms. The summed E-state index contributed by atoms with van der Waals surface area (Å²) in [5, 5.41) is 11.8. The lowest BCUT2D eigenvalue weighted by atomic mass is 10.2. The summed E-state index contributed by atoms with van der Waals surface area (Å²) in [6.45, 7) is 4.40. The summed E-state index contributed by atoms with van der Waals surface area (Å²) in [7, 11) is 0. The van der Waals surface area contributed by atoms with E-state index in [0.717, 1.165) is 23.8 Å². The predicted molar refractivity (Wildman–Crippen MR) is 67.3 cm³/mol. The normalized spacial score (nSPS) is 20.9. The summed E-state index contributed by atoms with van der Waals surface area (Å²) in [4.78, 5) is 17.5. The van der Waals surface area contributed by atoms with Crippen molar-refractivity contribution in [1.82, 2.24) is 9.88 Å². The number of thiazole rings is 1. The minimum absolute atomic E-state index is 0.172. The minimum atomic E-state index is -0.754. The van der Waals surface area contributed by atoms with Crippen molar-refractivity contribution in [3.63, 3.8) is 0 Å². The van der Waals surface area contributed by atoms with E-state index in [0.29, 0.717) is 12.5 Å². The number of carbonyl (C=O) groups is 1. The van der Waals surface area contributed by atoms with Crippen LogP contribution in [0.4, 0.5) is 0 Å². The number of rotatable bonds is 5. The fraction of sp³-hybridized carbons (Fsp3) is 0.667. The molecule has 0 bridgehead atoms. The minimum Gasteiger partial charge on any atom is -0.481 e. The second kappa shape index (κ2) is 5.60. The first-order valence-electron chi connectivity index (χ1n) is 6.11. The number of hydrogen-bond acceptors (Lipinski definition) is 4. The molecule has 1 saturated heterocycles. The quantitative estimate of drug-likeness (QED) is 0.876. The summed E-state index contributed by atoms with van der Waals surface area (Å²) >= 11 is 1.67. The van der Waals surface area contributed by atoms with Crippen molar-refractivity contribution in [1.29, 1.82) is 0 Å². The molecule has 0 aliphatic carbocycles. The van der Waals surface area contributed by atoms with E-state index in [1.54, 1.807) is 11.3 Å². The van der Waals surface area contributed by atoms with Crippen LogP contribution in [-0.2, 0) is 11.2 Å². The maximum Gasteiger partial charge on any atom is 0.303 e. The topological polar surface area (TPSA) is 53.4 Å². The van der Waals surface area contributed by atoms with Gasteiger partial charge in [-0.05, 0) is 25.9 Å². The van der Waals surface area contributed by atoms with E-state index in [1.807, 2.05) is 5.38 Å². The average Bonchev–Trinajstić information content (AvgIpc) is 2.94. The molecule has 0 radical (unpaired) electrons. The van der Waals surface area contributed by atoms with Gasteiger partial charge in [-0.25, -0.2) is 4.98 Å². The SMILES string of the molecule is CCN1CCCC1c1nc(CCC(=O)O)cs1. The van der Waals surface area contributed by atoms with Gasteiger partial charge in [-0.2, -0.15) is 0 Å². The molecule has 2 heterocycles. The zero-order valence-electron chi connectivity index (χ0n) is 10.1. The van der Waals surface area contributed by atoms with Gasteiger partial charge < -0.3 is 5.11 Å². The molecule has 1 unspecified atom stereocenters. The van der Waals surface area contributed by atoms with Crippen LogP contribution in [0.1, 0.15) is 42.9 Å². The zero-order valence-corrected chi connectivity index (χ0v) is 10.9. The van der Waals surface area contributed by atoms with Gasteiger partial charge in [0.15, 0.2) is 0 Å². The molecule has 4 nitrogen and oxygen atoms in total. The number of aliphatic carboxylic acids is 1. The lowest BCUT2D eigenvalue weighted by Gasteiger charge is -2.20. The molecule has 1 fully saturated rings. The molecule has 0 amide bonds. The van der Waals surface area contributed by atoms with Crippen molar-refractivity contribution < 1.29 is 9.90 Å². The number of nitrogens with zero attached hydrogens (tertiary/aromatic N) is 2. The second-order valence-corrected chi connectivity index (χ2v) is 5.25. The van der Waals surface area contributed by atoms with Crippen LogP contribution in [0.15, 0.2) is 5.38 Å². The van der Waals surface area contributed by atoms with E-state index >= 15 is 0 Å². The van der Waals surface area contributed by atoms with Gasteiger partial charge in [0, 0.05) is 11.8 Å². The molecule has 1 atom stereocenters. The summed E-state index contributed by atoms with van der Waals surface area (Å²) in [5.41, 5.74) is 0.926. The number of aromatic nitrogens is 1. The average molecular weight is 254 g/mol. The van der Waals surface area contributed by atoms with Crippen molar-refractivity contribution in [2.24, 2.45) is 0 Å². The largest absolute Gasteiger partial charge is 0.481 e. The molecule has 94 valence electrons. The van der Waals surface area contributed by atoms with E-state index in [9.17, 15) is 4.79 Å². The van der Waals surface area contributed by atoms with Gasteiger partial charge in [0.2, 0.25) is 0 Å². The highest BCUT2D eigenvalue weighted by Crippen LogP contribution is 2.33. The van der Waals surface area contributed by atoms with Gasteiger partial charge >= 0.3 is 5.97 Å². The number of likely N-dealkylation sites (tertiary alicyclic amines) is 1. The lowest BCUT2D eigenvalue weighted by molar-refractivity contribution is -0.136. The molecule has 2 rings (SSSR count). The Morgan fingerprint density at radius 1 is 1.71 bits per heavy atom. The third-order valence-corrected chi connectivity index (χ3v) is 4.21. The van der Waals surface area contributed by atoms with Gasteiger partial charge in [-0.15, -0.1) is 11.3 Å². The summed E-state index contributed by atoms with van der Waals surface area (Å²) in [6, 6.07) is 0.462. The first-order chi connectivity index (χ1) is 8.20. The van der Waals surface area contributed by atoms with Crippen LogP contribution >= 0.6 is 11.3 Å². The standard InChI is InChI=1S/C12H18N2O2S/c1-2-14-7-3-4-10(14)12-13-9(8-17-12)5-6-11(15)16/h8,10H,2-7H2,1H3,(H,15,16). The number of hydrogen-bond donors (Lipinski definition) is 1. The van der Waals surface area contributed by atoms with Gasteiger partial charge in [0.25, 0.3) is 0 Å². The smallest absolute Gasteiger partial charge is 0.303 e. The highest BCUT2D eigenvalue weighted by molar-refractivity contribution is 7.09. The highest BCUT2D eigenvalue weighted by Gasteiger charge is 2.26. The Bertz CT molecular complexity index is 392. The van der Waals surface area contributed by atoms with Crippen LogP contribution in [0.3, 0.4) is 0 Å². The summed E-state index contributed by atoms with van der Waals surface area (Å²) < 4.78 is 0. The van der Waals surface area contributed by atoms with Crippen LogP contribution in [0.2, 0.25) is 0 Å². The molecule has 1 aliphatic heterocycles. The fourth-order valence-electron chi connectivity index (χ4n) is 2.31. The first-order valence-corrected chi connectivity index (χ1v) is 6.98. The Hall–Kier alpha value is -0.940. The Labute approximate surface area is 105 Å². The van der Waals surface area contributed by atoms with Crippen LogP contribution in [0.25, 0.3) is 0 Å². The number of aryl methyl sites for hydroxylation is 1. The van der Waals surface area contributed by atoms with Gasteiger partial charge in [0.1, 0.15) is 5.01 Å².